The molecule has 4 aromatic rings. The molecule has 10 nitrogen and oxygen atoms in total. The van der Waals surface area contributed by atoms with Crippen molar-refractivity contribution in [1.82, 2.24) is 24.8 Å². The number of fused-ring (bicyclic) bond motifs is 1. The third kappa shape index (κ3) is 7.95. The summed E-state index contributed by atoms with van der Waals surface area (Å²) in [6.45, 7) is 2.86. The van der Waals surface area contributed by atoms with Gasteiger partial charge in [0.2, 0.25) is 5.91 Å². The Bertz CT molecular complexity index is 1770. The van der Waals surface area contributed by atoms with Crippen LogP contribution in [0.1, 0.15) is 66.3 Å². The molecule has 1 aliphatic rings. The van der Waals surface area contributed by atoms with E-state index in [-0.39, 0.29) is 46.5 Å². The van der Waals surface area contributed by atoms with Crippen molar-refractivity contribution in [2.24, 2.45) is 5.92 Å². The zero-order valence-corrected chi connectivity index (χ0v) is 25.7. The number of nitrogens with zero attached hydrogens (tertiary/aromatic N) is 5. The number of carbonyl (C=O) groups excluding carboxylic acids is 2. The molecule has 0 radical (unpaired) electrons. The minimum atomic E-state index is -2.85. The molecule has 1 aromatic carbocycles. The second-order valence-corrected chi connectivity index (χ2v) is 11.5. The van der Waals surface area contributed by atoms with Gasteiger partial charge in [-0.1, -0.05) is 30.2 Å². The summed E-state index contributed by atoms with van der Waals surface area (Å²) in [5.41, 5.74) is 1.62. The van der Waals surface area contributed by atoms with E-state index in [1.54, 1.807) is 29.3 Å². The Morgan fingerprint density at radius 1 is 1.16 bits per heavy atom. The van der Waals surface area contributed by atoms with Gasteiger partial charge in [0.05, 0.1) is 25.9 Å². The Morgan fingerprint density at radius 2 is 1.98 bits per heavy atom. The number of hydrogen-bond donors (Lipinski definition) is 2. The lowest BCUT2D eigenvalue weighted by Crippen LogP contribution is -2.34. The quantitative estimate of drug-likeness (QED) is 0.202. The highest BCUT2D eigenvalue weighted by Gasteiger charge is 2.23. The van der Waals surface area contributed by atoms with Crippen LogP contribution in [-0.2, 0) is 11.2 Å². The van der Waals surface area contributed by atoms with Gasteiger partial charge >= 0.3 is 0 Å². The van der Waals surface area contributed by atoms with Crippen molar-refractivity contribution >= 4 is 38.8 Å². The monoisotopic (exact) mass is 634 g/mol. The van der Waals surface area contributed by atoms with Gasteiger partial charge < -0.3 is 14.7 Å². The summed E-state index contributed by atoms with van der Waals surface area (Å²) in [6.07, 6.45) is 3.27. The van der Waals surface area contributed by atoms with Crippen molar-refractivity contribution < 1.29 is 28.2 Å². The van der Waals surface area contributed by atoms with Crippen LogP contribution in [0.5, 0.6) is 5.75 Å². The first-order valence-corrected chi connectivity index (χ1v) is 15.4. The van der Waals surface area contributed by atoms with Crippen LogP contribution in [0.25, 0.3) is 21.6 Å². The number of pyridine rings is 1. The van der Waals surface area contributed by atoms with Crippen molar-refractivity contribution in [3.05, 3.63) is 59.2 Å². The SMILES string of the molecule is CCCN(CCCO)C(=O)Cc1ccc(C(=O)Nc2nc3ncc(C#CC4CC4)nc3s2)c(-c2cc(C(F)F)ncc2OC)c1. The average molecular weight is 635 g/mol. The molecule has 2 amide bonds. The second kappa shape index (κ2) is 14.5. The number of rotatable bonds is 12. The molecule has 2 N–H and O–H groups in total. The lowest BCUT2D eigenvalue weighted by atomic mass is 9.95. The van der Waals surface area contributed by atoms with Crippen LogP contribution in [0, 0.1) is 17.8 Å². The molecule has 13 heteroatoms. The fraction of sp³-hybridized carbons (Fsp3) is 0.375. The van der Waals surface area contributed by atoms with E-state index in [9.17, 15) is 23.5 Å². The lowest BCUT2D eigenvalue weighted by molar-refractivity contribution is -0.130. The van der Waals surface area contributed by atoms with Gasteiger partial charge in [0.25, 0.3) is 12.3 Å². The fourth-order valence-electron chi connectivity index (χ4n) is 4.66. The zero-order chi connectivity index (χ0) is 31.9. The molecule has 3 heterocycles. The van der Waals surface area contributed by atoms with Crippen molar-refractivity contribution in [2.75, 3.05) is 32.1 Å². The van der Waals surface area contributed by atoms with Gasteiger partial charge in [-0.2, -0.15) is 4.98 Å². The average Bonchev–Trinajstić information content (AvgIpc) is 3.79. The van der Waals surface area contributed by atoms with Gasteiger partial charge in [-0.25, -0.2) is 18.7 Å². The first-order chi connectivity index (χ1) is 21.8. The van der Waals surface area contributed by atoms with E-state index in [1.165, 1.54) is 19.4 Å². The Kier molecular flexibility index (Phi) is 10.3. The van der Waals surface area contributed by atoms with Crippen LogP contribution in [-0.4, -0.2) is 68.6 Å². The molecule has 0 unspecified atom stereocenters. The van der Waals surface area contributed by atoms with Crippen LogP contribution < -0.4 is 10.1 Å². The number of anilines is 1. The molecule has 45 heavy (non-hydrogen) atoms. The van der Waals surface area contributed by atoms with Crippen molar-refractivity contribution in [3.63, 3.8) is 0 Å². The van der Waals surface area contributed by atoms with Crippen LogP contribution in [0.2, 0.25) is 0 Å². The third-order valence-corrected chi connectivity index (χ3v) is 7.92. The van der Waals surface area contributed by atoms with Gasteiger partial charge in [0.15, 0.2) is 15.6 Å². The van der Waals surface area contributed by atoms with E-state index in [0.717, 1.165) is 30.6 Å². The summed E-state index contributed by atoms with van der Waals surface area (Å²) in [4.78, 5) is 46.0. The van der Waals surface area contributed by atoms with Crippen molar-refractivity contribution in [3.8, 4) is 28.7 Å². The number of carbonyl (C=O) groups is 2. The largest absolute Gasteiger partial charge is 0.494 e. The van der Waals surface area contributed by atoms with Gasteiger partial charge in [-0.05, 0) is 60.9 Å². The van der Waals surface area contributed by atoms with Crippen LogP contribution in [0.4, 0.5) is 13.9 Å². The number of aliphatic hydroxyl groups excluding tert-OH is 1. The number of ether oxygens (including phenoxy) is 1. The molecule has 5 rings (SSSR count). The first-order valence-electron chi connectivity index (χ1n) is 14.6. The fourth-order valence-corrected chi connectivity index (χ4v) is 5.45. The summed E-state index contributed by atoms with van der Waals surface area (Å²) < 4.78 is 32.8. The van der Waals surface area contributed by atoms with E-state index in [2.05, 4.69) is 37.1 Å². The molecule has 0 bridgehead atoms. The standard InChI is InChI=1S/C32H32F2N6O4S/c1-3-11-40(12-4-13-41)27(42)15-20-8-10-22(23(14-20)24-16-25(28(33)34)35-18-26(24)44-2)30(43)39-32-38-29-31(45-32)37-21(17-36-29)9-7-19-5-6-19/h8,10,14,16-19,28,41H,3-6,11-13,15H2,1-2H3,(H,36,38,39,43). The zero-order valence-electron chi connectivity index (χ0n) is 24.8. The Hall–Kier alpha value is -4.54. The number of nitrogens with one attached hydrogen (secondary N) is 1. The molecule has 1 aliphatic carbocycles. The number of benzene rings is 1. The number of aromatic nitrogens is 4. The van der Waals surface area contributed by atoms with Gasteiger partial charge in [-0.15, -0.1) is 0 Å². The predicted octanol–water partition coefficient (Wildman–Crippen LogP) is 5.27. The number of thiazole rings is 1. The first kappa shape index (κ1) is 31.9. The summed E-state index contributed by atoms with van der Waals surface area (Å²) in [7, 11) is 1.38. The maximum atomic E-state index is 13.7. The van der Waals surface area contributed by atoms with Gasteiger partial charge in [0.1, 0.15) is 17.1 Å². The second-order valence-electron chi connectivity index (χ2n) is 10.5. The van der Waals surface area contributed by atoms with Gasteiger partial charge in [0, 0.05) is 36.7 Å². The maximum Gasteiger partial charge on any atom is 0.280 e. The van der Waals surface area contributed by atoms with Crippen LogP contribution in [0.15, 0.2) is 36.7 Å². The molecule has 1 saturated carbocycles. The Labute approximate surface area is 262 Å². The summed E-state index contributed by atoms with van der Waals surface area (Å²) in [6, 6.07) is 6.01. The third-order valence-electron chi connectivity index (χ3n) is 7.06. The predicted molar refractivity (Wildman–Crippen MR) is 166 cm³/mol. The highest BCUT2D eigenvalue weighted by atomic mass is 32.1. The molecule has 0 saturated heterocycles. The van der Waals surface area contributed by atoms with Crippen LogP contribution >= 0.6 is 11.3 Å². The number of halogens is 2. The molecular formula is C32H32F2N6O4S. The van der Waals surface area contributed by atoms with E-state index in [1.807, 2.05) is 6.92 Å². The molecular weight excluding hydrogens is 602 g/mol. The number of methoxy groups -OCH3 is 1. The minimum absolute atomic E-state index is 0.0105. The molecule has 1 fully saturated rings. The highest BCUT2D eigenvalue weighted by Crippen LogP contribution is 2.36. The molecule has 3 aromatic heterocycles. The van der Waals surface area contributed by atoms with Crippen LogP contribution in [0.3, 0.4) is 0 Å². The minimum Gasteiger partial charge on any atom is -0.494 e. The van der Waals surface area contributed by atoms with Gasteiger partial charge in [-0.3, -0.25) is 19.9 Å². The van der Waals surface area contributed by atoms with E-state index in [4.69, 9.17) is 4.74 Å². The topological polar surface area (TPSA) is 130 Å². The Balaban J connectivity index is 1.48. The Morgan fingerprint density at radius 3 is 2.69 bits per heavy atom. The number of aliphatic hydroxyl groups is 1. The summed E-state index contributed by atoms with van der Waals surface area (Å²) >= 11 is 1.14. The molecule has 0 atom stereocenters. The number of hydrogen-bond acceptors (Lipinski definition) is 9. The maximum absolute atomic E-state index is 13.7. The molecule has 0 spiro atoms. The molecule has 0 aliphatic heterocycles. The summed E-state index contributed by atoms with van der Waals surface area (Å²) in [5, 5.41) is 12.3. The molecule has 234 valence electrons. The van der Waals surface area contributed by atoms with E-state index < -0.39 is 18.0 Å². The lowest BCUT2D eigenvalue weighted by Gasteiger charge is -2.22. The smallest absolute Gasteiger partial charge is 0.280 e. The van der Waals surface area contributed by atoms with E-state index in [0.29, 0.717) is 47.2 Å². The van der Waals surface area contributed by atoms with Crippen molar-refractivity contribution in [1.29, 1.82) is 0 Å². The summed E-state index contributed by atoms with van der Waals surface area (Å²) in [5.74, 6) is 6.06. The number of alkyl halides is 2. The highest BCUT2D eigenvalue weighted by molar-refractivity contribution is 7.21. The van der Waals surface area contributed by atoms with Crippen molar-refractivity contribution in [2.45, 2.75) is 45.5 Å². The number of amides is 2. The van der Waals surface area contributed by atoms with E-state index >= 15 is 0 Å². The normalized spacial score (nSPS) is 12.6.